The lowest BCUT2D eigenvalue weighted by atomic mass is 10.1. The summed E-state index contributed by atoms with van der Waals surface area (Å²) in [5, 5.41) is 34.3. The smallest absolute Gasteiger partial charge is 0.280 e. The largest absolute Gasteiger partial charge is 0.493 e. The number of aromatic nitrogens is 4. The van der Waals surface area contributed by atoms with Crippen molar-refractivity contribution in [3.63, 3.8) is 0 Å². The third kappa shape index (κ3) is 4.43. The standard InChI is InChI=1S/C19H22BrN7O6/c1-2-32-10-4-3-9(20)5-8(10)6-22-26-19-23-12-15(24-18(21)25-16(12)31)27(19)17-14(30)13(29)11(7-28)33-17/h3-6,11,13-14,17,28-30H,2,7H2,1H3,(H,23,26)(H3,21,24,25,31)/b22-6-/t11-,13+,14-,17-/m1/s1. The van der Waals surface area contributed by atoms with E-state index in [0.29, 0.717) is 17.9 Å². The van der Waals surface area contributed by atoms with Crippen molar-refractivity contribution in [1.82, 2.24) is 19.5 Å². The molecular formula is C19H22BrN7O6. The Morgan fingerprint density at radius 3 is 2.88 bits per heavy atom. The van der Waals surface area contributed by atoms with E-state index in [-0.39, 0.29) is 23.1 Å². The van der Waals surface area contributed by atoms with Gasteiger partial charge in [-0.3, -0.25) is 14.3 Å². The van der Waals surface area contributed by atoms with Crippen LogP contribution in [0.4, 0.5) is 11.9 Å². The molecule has 33 heavy (non-hydrogen) atoms. The monoisotopic (exact) mass is 523 g/mol. The van der Waals surface area contributed by atoms with E-state index in [4.69, 9.17) is 15.2 Å². The normalized spacial score (nSPS) is 22.9. The summed E-state index contributed by atoms with van der Waals surface area (Å²) in [4.78, 5) is 23.0. The van der Waals surface area contributed by atoms with E-state index in [1.807, 2.05) is 13.0 Å². The zero-order chi connectivity index (χ0) is 23.7. The second-order valence-electron chi connectivity index (χ2n) is 7.14. The van der Waals surface area contributed by atoms with Crippen molar-refractivity contribution >= 4 is 45.2 Å². The topological polar surface area (TPSA) is 193 Å². The number of nitrogens with two attached hydrogens (primary N) is 1. The number of nitrogens with zero attached hydrogens (tertiary/aromatic N) is 4. The molecule has 0 bridgehead atoms. The quantitative estimate of drug-likeness (QED) is 0.180. The number of fused-ring (bicyclic) bond motifs is 1. The highest BCUT2D eigenvalue weighted by Crippen LogP contribution is 2.34. The van der Waals surface area contributed by atoms with Crippen molar-refractivity contribution in [2.75, 3.05) is 24.4 Å². The highest BCUT2D eigenvalue weighted by molar-refractivity contribution is 9.10. The summed E-state index contributed by atoms with van der Waals surface area (Å²) in [7, 11) is 0. The van der Waals surface area contributed by atoms with Gasteiger partial charge in [-0.05, 0) is 25.1 Å². The van der Waals surface area contributed by atoms with Gasteiger partial charge in [-0.25, -0.2) is 10.4 Å². The van der Waals surface area contributed by atoms with Gasteiger partial charge in [0.05, 0.1) is 19.4 Å². The molecule has 2 aromatic heterocycles. The first-order chi connectivity index (χ1) is 15.8. The fraction of sp³-hybridized carbons (Fsp3) is 0.368. The molecule has 0 saturated carbocycles. The lowest BCUT2D eigenvalue weighted by Gasteiger charge is -2.18. The molecule has 0 aliphatic carbocycles. The number of aliphatic hydroxyl groups is 3. The van der Waals surface area contributed by atoms with Crippen LogP contribution in [-0.2, 0) is 4.74 Å². The van der Waals surface area contributed by atoms with E-state index >= 15 is 0 Å². The molecule has 4 rings (SSSR count). The van der Waals surface area contributed by atoms with Gasteiger partial charge in [0.15, 0.2) is 17.4 Å². The molecular weight excluding hydrogens is 502 g/mol. The van der Waals surface area contributed by atoms with Crippen molar-refractivity contribution in [2.24, 2.45) is 5.10 Å². The van der Waals surface area contributed by atoms with Crippen molar-refractivity contribution in [2.45, 2.75) is 31.5 Å². The number of benzene rings is 1. The number of imidazole rings is 1. The zero-order valence-corrected chi connectivity index (χ0v) is 18.9. The van der Waals surface area contributed by atoms with Crippen LogP contribution in [0.3, 0.4) is 0 Å². The fourth-order valence-corrected chi connectivity index (χ4v) is 3.86. The number of halogens is 1. The first-order valence-electron chi connectivity index (χ1n) is 9.95. The van der Waals surface area contributed by atoms with Crippen LogP contribution in [-0.4, -0.2) is 72.6 Å². The summed E-state index contributed by atoms with van der Waals surface area (Å²) in [5.74, 6) is 0.424. The average molecular weight is 524 g/mol. The van der Waals surface area contributed by atoms with Gasteiger partial charge in [-0.15, -0.1) is 0 Å². The molecule has 0 amide bonds. The fourth-order valence-electron chi connectivity index (χ4n) is 3.48. The van der Waals surface area contributed by atoms with Gasteiger partial charge in [0.1, 0.15) is 24.1 Å². The number of nitrogens with one attached hydrogen (secondary N) is 2. The molecule has 1 aliphatic heterocycles. The Hall–Kier alpha value is -3.04. The number of hydrogen-bond acceptors (Lipinski definition) is 11. The van der Waals surface area contributed by atoms with Crippen molar-refractivity contribution in [1.29, 1.82) is 0 Å². The molecule has 0 radical (unpaired) electrons. The molecule has 14 heteroatoms. The minimum Gasteiger partial charge on any atom is -0.493 e. The summed E-state index contributed by atoms with van der Waals surface area (Å²) >= 11 is 3.40. The Morgan fingerprint density at radius 2 is 2.18 bits per heavy atom. The maximum absolute atomic E-state index is 12.4. The average Bonchev–Trinajstić information content (AvgIpc) is 3.27. The number of hydrazone groups is 1. The highest BCUT2D eigenvalue weighted by atomic mass is 79.9. The number of aliphatic hydroxyl groups excluding tert-OH is 3. The van der Waals surface area contributed by atoms with Crippen LogP contribution < -0.4 is 21.5 Å². The lowest BCUT2D eigenvalue weighted by molar-refractivity contribution is -0.0501. The molecule has 0 spiro atoms. The van der Waals surface area contributed by atoms with Crippen molar-refractivity contribution in [3.8, 4) is 5.75 Å². The third-order valence-electron chi connectivity index (χ3n) is 4.98. The molecule has 176 valence electrons. The number of H-pyrrole nitrogens is 1. The summed E-state index contributed by atoms with van der Waals surface area (Å²) in [6.07, 6.45) is -3.60. The molecule has 3 aromatic rings. The Labute approximate surface area is 195 Å². The molecule has 1 saturated heterocycles. The third-order valence-corrected chi connectivity index (χ3v) is 5.47. The molecule has 0 unspecified atom stereocenters. The van der Waals surface area contributed by atoms with Crippen LogP contribution in [0.25, 0.3) is 11.2 Å². The van der Waals surface area contributed by atoms with Gasteiger partial charge in [-0.2, -0.15) is 10.1 Å². The number of nitrogen functional groups attached to an aromatic ring is 1. The molecule has 13 nitrogen and oxygen atoms in total. The van der Waals surface area contributed by atoms with Crippen LogP contribution in [0.2, 0.25) is 0 Å². The van der Waals surface area contributed by atoms with Gasteiger partial charge in [0.25, 0.3) is 5.56 Å². The highest BCUT2D eigenvalue weighted by Gasteiger charge is 2.45. The maximum atomic E-state index is 12.4. The van der Waals surface area contributed by atoms with Crippen LogP contribution >= 0.6 is 15.9 Å². The van der Waals surface area contributed by atoms with Crippen LogP contribution in [0, 0.1) is 0 Å². The summed E-state index contributed by atoms with van der Waals surface area (Å²) < 4.78 is 13.3. The predicted molar refractivity (Wildman–Crippen MR) is 122 cm³/mol. The number of anilines is 2. The Bertz CT molecular complexity index is 1250. The first kappa shape index (κ1) is 23.1. The van der Waals surface area contributed by atoms with E-state index in [9.17, 15) is 20.1 Å². The molecule has 1 aromatic carbocycles. The molecule has 4 atom stereocenters. The minimum absolute atomic E-state index is 0.00116. The van der Waals surface area contributed by atoms with Crippen molar-refractivity contribution in [3.05, 3.63) is 38.6 Å². The number of ether oxygens (including phenoxy) is 2. The van der Waals surface area contributed by atoms with Crippen LogP contribution in [0.5, 0.6) is 5.75 Å². The van der Waals surface area contributed by atoms with Crippen LogP contribution in [0.1, 0.15) is 18.7 Å². The lowest BCUT2D eigenvalue weighted by Crippen LogP contribution is -2.33. The SMILES string of the molecule is CCOc1ccc(Br)cc1/C=N\Nc1nc2c(=O)[nH]c(N)nc2n1[C@@H]1O[C@H](CO)[C@H](O)[C@H]1O. The Balaban J connectivity index is 1.75. The zero-order valence-electron chi connectivity index (χ0n) is 17.3. The molecule has 1 aliphatic rings. The molecule has 7 N–H and O–H groups in total. The van der Waals surface area contributed by atoms with E-state index in [2.05, 4.69) is 41.4 Å². The number of hydrogen-bond donors (Lipinski definition) is 6. The van der Waals surface area contributed by atoms with Gasteiger partial charge in [0, 0.05) is 10.0 Å². The first-order valence-corrected chi connectivity index (χ1v) is 10.7. The van der Waals surface area contributed by atoms with Gasteiger partial charge in [-0.1, -0.05) is 15.9 Å². The maximum Gasteiger partial charge on any atom is 0.280 e. The second-order valence-corrected chi connectivity index (χ2v) is 8.06. The van der Waals surface area contributed by atoms with E-state index in [1.54, 1.807) is 12.1 Å². The minimum atomic E-state index is -1.44. The molecule has 1 fully saturated rings. The van der Waals surface area contributed by atoms with Crippen molar-refractivity contribution < 1.29 is 24.8 Å². The van der Waals surface area contributed by atoms with E-state index in [0.717, 1.165) is 4.47 Å². The molecule has 3 heterocycles. The van der Waals surface area contributed by atoms with E-state index in [1.165, 1.54) is 10.8 Å². The second kappa shape index (κ2) is 9.44. The summed E-state index contributed by atoms with van der Waals surface area (Å²) in [5.41, 5.74) is 8.36. The predicted octanol–water partition coefficient (Wildman–Crippen LogP) is -0.0795. The Morgan fingerprint density at radius 1 is 1.39 bits per heavy atom. The summed E-state index contributed by atoms with van der Waals surface area (Å²) in [6.45, 7) is 1.80. The summed E-state index contributed by atoms with van der Waals surface area (Å²) in [6, 6.07) is 5.42. The number of aromatic amines is 1. The van der Waals surface area contributed by atoms with E-state index < -0.39 is 36.7 Å². The van der Waals surface area contributed by atoms with Gasteiger partial charge in [0.2, 0.25) is 11.9 Å². The number of rotatable bonds is 7. The van der Waals surface area contributed by atoms with Gasteiger partial charge >= 0.3 is 0 Å². The van der Waals surface area contributed by atoms with Crippen LogP contribution in [0.15, 0.2) is 32.6 Å². The Kier molecular flexibility index (Phi) is 6.62. The van der Waals surface area contributed by atoms with Gasteiger partial charge < -0.3 is 30.5 Å².